The average molecular weight is 593 g/mol. The quantitative estimate of drug-likeness (QED) is 0.217. The van der Waals surface area contributed by atoms with Crippen molar-refractivity contribution in [1.29, 1.82) is 0 Å². The van der Waals surface area contributed by atoms with Crippen LogP contribution >= 0.6 is 0 Å². The van der Waals surface area contributed by atoms with Crippen molar-refractivity contribution in [3.63, 3.8) is 0 Å². The van der Waals surface area contributed by atoms with E-state index in [9.17, 15) is 9.90 Å². The Hall–Kier alpha value is -4.79. The van der Waals surface area contributed by atoms with Crippen molar-refractivity contribution >= 4 is 16.8 Å². The first-order valence-corrected chi connectivity index (χ1v) is 15.3. The van der Waals surface area contributed by atoms with Crippen molar-refractivity contribution in [2.24, 2.45) is 5.73 Å². The highest BCUT2D eigenvalue weighted by Crippen LogP contribution is 2.51. The van der Waals surface area contributed by atoms with E-state index in [1.165, 1.54) is 24.8 Å². The summed E-state index contributed by atoms with van der Waals surface area (Å²) in [6, 6.07) is 17.1. The Morgan fingerprint density at radius 1 is 1.11 bits per heavy atom. The summed E-state index contributed by atoms with van der Waals surface area (Å²) in [4.78, 5) is 17.0. The van der Waals surface area contributed by atoms with Crippen molar-refractivity contribution in [2.75, 3.05) is 13.7 Å². The first-order chi connectivity index (χ1) is 21.4. The molecule has 0 saturated heterocycles. The van der Waals surface area contributed by atoms with Gasteiger partial charge in [-0.05, 0) is 79.1 Å². The topological polar surface area (TPSA) is 126 Å². The van der Waals surface area contributed by atoms with E-state index >= 15 is 0 Å². The molecule has 0 radical (unpaired) electrons. The standard InChI is InChI=1S/C35H36N4O5/c1-20-37-35(44-38-20)28(16-21-8-11-24(40)12-9-21)27-18-25(42-2)19-30-32(27)33-31(22-6-4-3-5-7-22)26-13-10-23(34(36)41)17-29(26)39(33)14-15-43-30/h8-13,17-19,22,28,40H,3-7,14-16H2,1-2H3,(H2,36,41)/t28-/m0/s1. The molecule has 1 aliphatic heterocycles. The fraction of sp³-hybridized carbons (Fsp3) is 0.343. The summed E-state index contributed by atoms with van der Waals surface area (Å²) in [7, 11) is 1.66. The summed E-state index contributed by atoms with van der Waals surface area (Å²) in [5.41, 5.74) is 12.6. The first kappa shape index (κ1) is 28.0. The summed E-state index contributed by atoms with van der Waals surface area (Å²) < 4.78 is 20.5. The van der Waals surface area contributed by atoms with Crippen molar-refractivity contribution in [3.8, 4) is 28.5 Å². The lowest BCUT2D eigenvalue weighted by molar-refractivity contribution is 0.100. The Balaban J connectivity index is 1.54. The maximum atomic E-state index is 12.3. The Kier molecular flexibility index (Phi) is 7.24. The molecule has 1 aliphatic carbocycles. The van der Waals surface area contributed by atoms with Crippen LogP contribution in [0.3, 0.4) is 0 Å². The molecule has 9 nitrogen and oxygen atoms in total. The molecule has 1 amide bonds. The molecule has 2 aliphatic rings. The maximum Gasteiger partial charge on any atom is 0.248 e. The molecule has 1 fully saturated rings. The molecule has 3 N–H and O–H groups in total. The smallest absolute Gasteiger partial charge is 0.248 e. The molecule has 9 heteroatoms. The number of rotatable bonds is 7. The normalized spacial score (nSPS) is 15.7. The van der Waals surface area contributed by atoms with Crippen LogP contribution < -0.4 is 15.2 Å². The second-order valence-electron chi connectivity index (χ2n) is 11.9. The molecule has 1 saturated carbocycles. The van der Waals surface area contributed by atoms with Crippen LogP contribution in [-0.2, 0) is 13.0 Å². The number of hydrogen-bond acceptors (Lipinski definition) is 7. The number of amides is 1. The number of methoxy groups -OCH3 is 1. The third kappa shape index (κ3) is 4.96. The Bertz CT molecular complexity index is 1850. The number of primary amides is 1. The largest absolute Gasteiger partial charge is 0.508 e. The average Bonchev–Trinajstić information content (AvgIpc) is 3.55. The van der Waals surface area contributed by atoms with Gasteiger partial charge in [-0.1, -0.05) is 42.6 Å². The van der Waals surface area contributed by atoms with E-state index < -0.39 is 5.91 Å². The van der Waals surface area contributed by atoms with E-state index in [2.05, 4.69) is 21.9 Å². The third-order valence-corrected chi connectivity index (χ3v) is 9.15. The van der Waals surface area contributed by atoms with Gasteiger partial charge in [0.05, 0.1) is 25.3 Å². The van der Waals surface area contributed by atoms with Crippen molar-refractivity contribution in [3.05, 3.63) is 88.6 Å². The van der Waals surface area contributed by atoms with E-state index in [0.717, 1.165) is 51.9 Å². The molecular weight excluding hydrogens is 556 g/mol. The minimum Gasteiger partial charge on any atom is -0.508 e. The lowest BCUT2D eigenvalue weighted by Gasteiger charge is -2.26. The predicted molar refractivity (Wildman–Crippen MR) is 166 cm³/mol. The molecule has 2 aromatic heterocycles. The fourth-order valence-electron chi connectivity index (χ4n) is 7.11. The molecule has 0 spiro atoms. The predicted octanol–water partition coefficient (Wildman–Crippen LogP) is 6.63. The van der Waals surface area contributed by atoms with Gasteiger partial charge in [-0.2, -0.15) is 4.98 Å². The molecule has 7 rings (SSSR count). The number of aryl methyl sites for hydroxylation is 1. The summed E-state index contributed by atoms with van der Waals surface area (Å²) in [5, 5.41) is 15.3. The highest BCUT2D eigenvalue weighted by molar-refractivity contribution is 6.01. The zero-order valence-electron chi connectivity index (χ0n) is 25.0. The number of phenolic OH excluding ortho intramolecular Hbond substituents is 1. The summed E-state index contributed by atoms with van der Waals surface area (Å²) in [5.74, 6) is 2.25. The van der Waals surface area contributed by atoms with Crippen LogP contribution in [-0.4, -0.2) is 39.4 Å². The lowest BCUT2D eigenvalue weighted by Crippen LogP contribution is -2.11. The molecule has 1 atom stereocenters. The number of carbonyl (C=O) groups is 1. The number of nitrogens with zero attached hydrogens (tertiary/aromatic N) is 3. The molecule has 3 heterocycles. The number of fused-ring (bicyclic) bond motifs is 5. The molecule has 0 unspecified atom stereocenters. The van der Waals surface area contributed by atoms with Crippen LogP contribution in [0.15, 0.2) is 59.1 Å². The summed E-state index contributed by atoms with van der Waals surface area (Å²) >= 11 is 0. The van der Waals surface area contributed by atoms with Gasteiger partial charge in [-0.15, -0.1) is 0 Å². The zero-order chi connectivity index (χ0) is 30.4. The van der Waals surface area contributed by atoms with Gasteiger partial charge in [0.2, 0.25) is 11.8 Å². The number of hydrogen-bond donors (Lipinski definition) is 2. The molecule has 5 aromatic rings. The number of carbonyl (C=O) groups excluding carboxylic acids is 1. The Morgan fingerprint density at radius 3 is 2.61 bits per heavy atom. The second-order valence-corrected chi connectivity index (χ2v) is 11.9. The lowest BCUT2D eigenvalue weighted by atomic mass is 9.80. The highest BCUT2D eigenvalue weighted by atomic mass is 16.5. The summed E-state index contributed by atoms with van der Waals surface area (Å²) in [6.45, 7) is 2.87. The van der Waals surface area contributed by atoms with E-state index in [0.29, 0.717) is 48.5 Å². The Labute approximate surface area is 255 Å². The van der Waals surface area contributed by atoms with Gasteiger partial charge in [0.25, 0.3) is 0 Å². The highest BCUT2D eigenvalue weighted by Gasteiger charge is 2.35. The van der Waals surface area contributed by atoms with E-state index in [1.54, 1.807) is 19.2 Å². The number of aromatic hydroxyl groups is 1. The van der Waals surface area contributed by atoms with Crippen LogP contribution in [0.25, 0.3) is 22.2 Å². The minimum atomic E-state index is -0.446. The van der Waals surface area contributed by atoms with Gasteiger partial charge in [0.1, 0.15) is 23.9 Å². The SMILES string of the molecule is COc1cc2c(c([C@H](Cc3ccc(O)cc3)c3nc(C)no3)c1)-c1c(C3CCCCC3)c3ccc(C(N)=O)cc3n1CCO2. The van der Waals surface area contributed by atoms with Gasteiger partial charge in [0.15, 0.2) is 5.82 Å². The van der Waals surface area contributed by atoms with E-state index in [4.69, 9.17) is 24.7 Å². The van der Waals surface area contributed by atoms with Gasteiger partial charge in [0, 0.05) is 28.1 Å². The van der Waals surface area contributed by atoms with Crippen molar-refractivity contribution in [1.82, 2.24) is 14.7 Å². The molecule has 0 bridgehead atoms. The third-order valence-electron chi connectivity index (χ3n) is 9.15. The number of nitrogens with two attached hydrogens (primary N) is 1. The minimum absolute atomic E-state index is 0.208. The van der Waals surface area contributed by atoms with E-state index in [-0.39, 0.29) is 11.7 Å². The van der Waals surface area contributed by atoms with Crippen molar-refractivity contribution < 1.29 is 23.9 Å². The van der Waals surface area contributed by atoms with Gasteiger partial charge < -0.3 is 29.4 Å². The number of ether oxygens (including phenoxy) is 2. The van der Waals surface area contributed by atoms with E-state index in [1.807, 2.05) is 37.3 Å². The number of phenols is 1. The molecular formula is C35H36N4O5. The van der Waals surface area contributed by atoms with Crippen LogP contribution in [0, 0.1) is 6.92 Å². The zero-order valence-corrected chi connectivity index (χ0v) is 25.0. The maximum absolute atomic E-state index is 12.3. The molecule has 226 valence electrons. The number of aromatic nitrogens is 3. The first-order valence-electron chi connectivity index (χ1n) is 15.3. The van der Waals surface area contributed by atoms with Crippen LogP contribution in [0.1, 0.15) is 82.7 Å². The monoisotopic (exact) mass is 592 g/mol. The second kappa shape index (κ2) is 11.4. The van der Waals surface area contributed by atoms with Gasteiger partial charge >= 0.3 is 0 Å². The Morgan fingerprint density at radius 2 is 1.91 bits per heavy atom. The van der Waals surface area contributed by atoms with Crippen LogP contribution in [0.5, 0.6) is 17.2 Å². The summed E-state index contributed by atoms with van der Waals surface area (Å²) in [6.07, 6.45) is 6.35. The van der Waals surface area contributed by atoms with Gasteiger partial charge in [-0.3, -0.25) is 4.79 Å². The fourth-order valence-corrected chi connectivity index (χ4v) is 7.11. The molecule has 44 heavy (non-hydrogen) atoms. The van der Waals surface area contributed by atoms with Crippen molar-refractivity contribution in [2.45, 2.75) is 63.8 Å². The number of benzene rings is 3. The van der Waals surface area contributed by atoms with Crippen LogP contribution in [0.2, 0.25) is 0 Å². The molecule has 3 aromatic carbocycles. The van der Waals surface area contributed by atoms with Crippen LogP contribution in [0.4, 0.5) is 0 Å². The van der Waals surface area contributed by atoms with Gasteiger partial charge in [-0.25, -0.2) is 0 Å².